The zero-order valence-electron chi connectivity index (χ0n) is 12.4. The van der Waals surface area contributed by atoms with E-state index in [4.69, 9.17) is 9.47 Å². The Kier molecular flexibility index (Phi) is 3.85. The molecule has 2 aliphatic heterocycles. The van der Waals surface area contributed by atoms with E-state index in [1.807, 2.05) is 6.07 Å². The Morgan fingerprint density at radius 1 is 1.10 bits per heavy atom. The molecule has 0 atom stereocenters. The van der Waals surface area contributed by atoms with Crippen molar-refractivity contribution in [1.29, 1.82) is 0 Å². The molecule has 0 saturated carbocycles. The second kappa shape index (κ2) is 5.62. The van der Waals surface area contributed by atoms with Gasteiger partial charge in [0, 0.05) is 38.1 Å². The van der Waals surface area contributed by atoms with E-state index < -0.39 is 0 Å². The predicted octanol–water partition coefficient (Wildman–Crippen LogP) is 1.64. The van der Waals surface area contributed by atoms with Crippen LogP contribution in [-0.4, -0.2) is 50.8 Å². The normalized spacial score (nSPS) is 19.9. The van der Waals surface area contributed by atoms with Crippen LogP contribution in [0, 0.1) is 0 Å². The summed E-state index contributed by atoms with van der Waals surface area (Å²) >= 11 is 0. The van der Waals surface area contributed by atoms with E-state index in [1.165, 1.54) is 5.56 Å². The average molecular weight is 276 g/mol. The van der Waals surface area contributed by atoms with Crippen LogP contribution in [0.5, 0.6) is 11.5 Å². The minimum atomic E-state index is 0.118. The van der Waals surface area contributed by atoms with Crippen LogP contribution in [0.25, 0.3) is 0 Å². The molecule has 20 heavy (non-hydrogen) atoms. The van der Waals surface area contributed by atoms with Crippen molar-refractivity contribution >= 4 is 0 Å². The zero-order valence-corrected chi connectivity index (χ0v) is 12.4. The molecule has 2 heterocycles. The van der Waals surface area contributed by atoms with Gasteiger partial charge in [-0.15, -0.1) is 0 Å². The molecule has 0 amide bonds. The molecule has 0 aliphatic carbocycles. The lowest BCUT2D eigenvalue weighted by Gasteiger charge is -2.36. The lowest BCUT2D eigenvalue weighted by molar-refractivity contribution is 0.170. The molecule has 0 bridgehead atoms. The number of fused-ring (bicyclic) bond motifs is 1. The SMILES string of the molecule is CC(C)(CN1CCNCC1)c1ccc2c(c1)OCCO2. The summed E-state index contributed by atoms with van der Waals surface area (Å²) in [6, 6.07) is 6.37. The Hall–Kier alpha value is -1.26. The molecule has 0 spiro atoms. The van der Waals surface area contributed by atoms with Crippen LogP contribution in [-0.2, 0) is 5.41 Å². The molecular weight excluding hydrogens is 252 g/mol. The highest BCUT2D eigenvalue weighted by molar-refractivity contribution is 5.45. The van der Waals surface area contributed by atoms with Crippen LogP contribution >= 0.6 is 0 Å². The van der Waals surface area contributed by atoms with E-state index in [0.29, 0.717) is 13.2 Å². The number of benzene rings is 1. The number of nitrogens with zero attached hydrogens (tertiary/aromatic N) is 1. The van der Waals surface area contributed by atoms with E-state index in [0.717, 1.165) is 44.2 Å². The first-order chi connectivity index (χ1) is 9.65. The van der Waals surface area contributed by atoms with Crippen molar-refractivity contribution in [2.45, 2.75) is 19.3 Å². The van der Waals surface area contributed by atoms with Gasteiger partial charge in [0.25, 0.3) is 0 Å². The van der Waals surface area contributed by atoms with Crippen LogP contribution in [0.2, 0.25) is 0 Å². The van der Waals surface area contributed by atoms with Crippen molar-refractivity contribution in [3.05, 3.63) is 23.8 Å². The lowest BCUT2D eigenvalue weighted by Crippen LogP contribution is -2.47. The molecule has 1 fully saturated rings. The van der Waals surface area contributed by atoms with Gasteiger partial charge in [0.05, 0.1) is 0 Å². The van der Waals surface area contributed by atoms with Gasteiger partial charge in [0.15, 0.2) is 11.5 Å². The van der Waals surface area contributed by atoms with Gasteiger partial charge in [-0.2, -0.15) is 0 Å². The first-order valence-electron chi connectivity index (χ1n) is 7.48. The van der Waals surface area contributed by atoms with E-state index in [9.17, 15) is 0 Å². The zero-order chi connectivity index (χ0) is 14.0. The number of hydrogen-bond donors (Lipinski definition) is 1. The van der Waals surface area contributed by atoms with Crippen molar-refractivity contribution in [3.8, 4) is 11.5 Å². The largest absolute Gasteiger partial charge is 0.486 e. The Morgan fingerprint density at radius 3 is 2.55 bits per heavy atom. The summed E-state index contributed by atoms with van der Waals surface area (Å²) in [5, 5.41) is 3.40. The number of piperazine rings is 1. The molecule has 110 valence electrons. The summed E-state index contributed by atoms with van der Waals surface area (Å²) in [6.07, 6.45) is 0. The highest BCUT2D eigenvalue weighted by Gasteiger charge is 2.26. The third kappa shape index (κ3) is 2.91. The summed E-state index contributed by atoms with van der Waals surface area (Å²) in [7, 11) is 0. The smallest absolute Gasteiger partial charge is 0.161 e. The van der Waals surface area contributed by atoms with E-state index >= 15 is 0 Å². The van der Waals surface area contributed by atoms with E-state index in [-0.39, 0.29) is 5.41 Å². The quantitative estimate of drug-likeness (QED) is 0.910. The van der Waals surface area contributed by atoms with Crippen LogP contribution in [0.15, 0.2) is 18.2 Å². The molecular formula is C16H24N2O2. The van der Waals surface area contributed by atoms with Gasteiger partial charge >= 0.3 is 0 Å². The summed E-state index contributed by atoms with van der Waals surface area (Å²) < 4.78 is 11.3. The standard InChI is InChI=1S/C16H24N2O2/c1-16(2,12-18-7-5-17-6-8-18)13-3-4-14-15(11-13)20-10-9-19-14/h3-4,11,17H,5-10,12H2,1-2H3. The molecule has 0 aromatic heterocycles. The molecule has 4 heteroatoms. The highest BCUT2D eigenvalue weighted by atomic mass is 16.6. The summed E-state index contributed by atoms with van der Waals surface area (Å²) in [4.78, 5) is 2.54. The lowest BCUT2D eigenvalue weighted by atomic mass is 9.83. The topological polar surface area (TPSA) is 33.7 Å². The maximum atomic E-state index is 5.70. The first-order valence-corrected chi connectivity index (χ1v) is 7.48. The second-order valence-electron chi connectivity index (χ2n) is 6.27. The first kappa shape index (κ1) is 13.7. The number of rotatable bonds is 3. The molecule has 3 rings (SSSR count). The minimum absolute atomic E-state index is 0.118. The highest BCUT2D eigenvalue weighted by Crippen LogP contribution is 2.35. The molecule has 0 radical (unpaired) electrons. The molecule has 1 aromatic carbocycles. The number of nitrogens with one attached hydrogen (secondary N) is 1. The third-order valence-corrected chi connectivity index (χ3v) is 4.15. The Morgan fingerprint density at radius 2 is 1.80 bits per heavy atom. The molecule has 1 aromatic rings. The minimum Gasteiger partial charge on any atom is -0.486 e. The summed E-state index contributed by atoms with van der Waals surface area (Å²) in [6.45, 7) is 11.4. The Balaban J connectivity index is 1.75. The Bertz CT molecular complexity index is 468. The third-order valence-electron chi connectivity index (χ3n) is 4.15. The van der Waals surface area contributed by atoms with Gasteiger partial charge in [-0.3, -0.25) is 4.90 Å². The van der Waals surface area contributed by atoms with Crippen molar-refractivity contribution in [3.63, 3.8) is 0 Å². The fraction of sp³-hybridized carbons (Fsp3) is 0.625. The predicted molar refractivity (Wildman–Crippen MR) is 79.8 cm³/mol. The monoisotopic (exact) mass is 276 g/mol. The molecule has 0 unspecified atom stereocenters. The summed E-state index contributed by atoms with van der Waals surface area (Å²) in [5.74, 6) is 1.76. The van der Waals surface area contributed by atoms with Crippen LogP contribution in [0.3, 0.4) is 0 Å². The van der Waals surface area contributed by atoms with Gasteiger partial charge in [0.2, 0.25) is 0 Å². The van der Waals surface area contributed by atoms with Crippen LogP contribution in [0.4, 0.5) is 0 Å². The number of hydrogen-bond acceptors (Lipinski definition) is 4. The number of ether oxygens (including phenoxy) is 2. The van der Waals surface area contributed by atoms with Gasteiger partial charge in [-0.25, -0.2) is 0 Å². The van der Waals surface area contributed by atoms with E-state index in [2.05, 4.69) is 36.2 Å². The average Bonchev–Trinajstić information content (AvgIpc) is 2.47. The van der Waals surface area contributed by atoms with Crippen LogP contribution in [0.1, 0.15) is 19.4 Å². The fourth-order valence-electron chi connectivity index (χ4n) is 2.98. The van der Waals surface area contributed by atoms with Crippen molar-refractivity contribution in [2.75, 3.05) is 45.9 Å². The molecule has 2 aliphatic rings. The van der Waals surface area contributed by atoms with Gasteiger partial charge < -0.3 is 14.8 Å². The van der Waals surface area contributed by atoms with Gasteiger partial charge in [-0.1, -0.05) is 19.9 Å². The van der Waals surface area contributed by atoms with Crippen molar-refractivity contribution in [2.24, 2.45) is 0 Å². The summed E-state index contributed by atoms with van der Waals surface area (Å²) in [5.41, 5.74) is 1.44. The maximum absolute atomic E-state index is 5.70. The Labute approximate surface area is 121 Å². The second-order valence-corrected chi connectivity index (χ2v) is 6.27. The van der Waals surface area contributed by atoms with Crippen molar-refractivity contribution < 1.29 is 9.47 Å². The van der Waals surface area contributed by atoms with Crippen molar-refractivity contribution in [1.82, 2.24) is 10.2 Å². The van der Waals surface area contributed by atoms with Gasteiger partial charge in [0.1, 0.15) is 13.2 Å². The molecule has 1 saturated heterocycles. The fourth-order valence-corrected chi connectivity index (χ4v) is 2.98. The van der Waals surface area contributed by atoms with Gasteiger partial charge in [-0.05, 0) is 17.7 Å². The van der Waals surface area contributed by atoms with Crippen LogP contribution < -0.4 is 14.8 Å². The maximum Gasteiger partial charge on any atom is 0.161 e. The molecule has 1 N–H and O–H groups in total. The molecule has 4 nitrogen and oxygen atoms in total. The van der Waals surface area contributed by atoms with E-state index in [1.54, 1.807) is 0 Å².